The Morgan fingerprint density at radius 3 is 3.11 bits per heavy atom. The van der Waals surface area contributed by atoms with Gasteiger partial charge >= 0.3 is 0 Å². The van der Waals surface area contributed by atoms with Gasteiger partial charge in [0, 0.05) is 25.3 Å². The van der Waals surface area contributed by atoms with Crippen LogP contribution in [0.5, 0.6) is 0 Å². The van der Waals surface area contributed by atoms with E-state index in [-0.39, 0.29) is 11.9 Å². The zero-order valence-corrected chi connectivity index (χ0v) is 11.2. The molecular weight excluding hydrogens is 238 g/mol. The minimum Gasteiger partial charge on any atom is -0.398 e. The van der Waals surface area contributed by atoms with Crippen LogP contribution in [-0.2, 0) is 17.8 Å². The molecule has 1 aromatic carbocycles. The zero-order valence-electron chi connectivity index (χ0n) is 11.2. The van der Waals surface area contributed by atoms with Crippen LogP contribution in [0, 0.1) is 0 Å². The molecule has 1 saturated heterocycles. The molecule has 0 saturated carbocycles. The van der Waals surface area contributed by atoms with Crippen LogP contribution in [-0.4, -0.2) is 29.9 Å². The molecule has 0 bridgehead atoms. The topological polar surface area (TPSA) is 58.4 Å². The van der Waals surface area contributed by atoms with E-state index in [1.807, 2.05) is 12.1 Å². The SMILES string of the molecule is Nc1cccc2c1CN(C1CCCCNC1=O)CC2. The fraction of sp³-hybridized carbons (Fsp3) is 0.533. The molecule has 1 amide bonds. The number of amides is 1. The van der Waals surface area contributed by atoms with Gasteiger partial charge in [-0.3, -0.25) is 9.69 Å². The number of nitrogen functional groups attached to an aromatic ring is 1. The molecule has 4 heteroatoms. The average molecular weight is 259 g/mol. The second-order valence-corrected chi connectivity index (χ2v) is 5.51. The van der Waals surface area contributed by atoms with Crippen molar-refractivity contribution < 1.29 is 4.79 Å². The first-order valence-electron chi connectivity index (χ1n) is 7.14. The van der Waals surface area contributed by atoms with E-state index in [0.717, 1.165) is 51.0 Å². The van der Waals surface area contributed by atoms with Crippen molar-refractivity contribution in [2.75, 3.05) is 18.8 Å². The van der Waals surface area contributed by atoms with E-state index >= 15 is 0 Å². The maximum Gasteiger partial charge on any atom is 0.237 e. The van der Waals surface area contributed by atoms with Crippen LogP contribution in [0.25, 0.3) is 0 Å². The Morgan fingerprint density at radius 2 is 2.21 bits per heavy atom. The number of nitrogens with two attached hydrogens (primary N) is 1. The third-order valence-electron chi connectivity index (χ3n) is 4.29. The average Bonchev–Trinajstić information content (AvgIpc) is 2.64. The van der Waals surface area contributed by atoms with Crippen molar-refractivity contribution in [1.29, 1.82) is 0 Å². The molecule has 0 radical (unpaired) electrons. The Bertz CT molecular complexity index is 486. The molecule has 1 fully saturated rings. The van der Waals surface area contributed by atoms with Crippen LogP contribution >= 0.6 is 0 Å². The number of carbonyl (C=O) groups is 1. The highest BCUT2D eigenvalue weighted by molar-refractivity contribution is 5.82. The fourth-order valence-corrected chi connectivity index (χ4v) is 3.17. The Labute approximate surface area is 114 Å². The number of nitrogens with one attached hydrogen (secondary N) is 1. The summed E-state index contributed by atoms with van der Waals surface area (Å²) in [5, 5.41) is 3.02. The van der Waals surface area contributed by atoms with E-state index in [1.165, 1.54) is 11.1 Å². The van der Waals surface area contributed by atoms with Crippen LogP contribution in [0.1, 0.15) is 30.4 Å². The number of rotatable bonds is 1. The maximum absolute atomic E-state index is 12.1. The van der Waals surface area contributed by atoms with E-state index in [2.05, 4.69) is 16.3 Å². The second-order valence-electron chi connectivity index (χ2n) is 5.51. The van der Waals surface area contributed by atoms with Crippen molar-refractivity contribution in [2.45, 2.75) is 38.3 Å². The fourth-order valence-electron chi connectivity index (χ4n) is 3.17. The Morgan fingerprint density at radius 1 is 1.32 bits per heavy atom. The number of hydrogen-bond donors (Lipinski definition) is 2. The monoisotopic (exact) mass is 259 g/mol. The summed E-state index contributed by atoms with van der Waals surface area (Å²) in [4.78, 5) is 14.4. The summed E-state index contributed by atoms with van der Waals surface area (Å²) in [6.07, 6.45) is 4.17. The number of benzene rings is 1. The van der Waals surface area contributed by atoms with E-state index in [4.69, 9.17) is 5.73 Å². The number of carbonyl (C=O) groups excluding carboxylic acids is 1. The highest BCUT2D eigenvalue weighted by atomic mass is 16.2. The standard InChI is InChI=1S/C15H21N3O/c16-13-5-3-4-11-7-9-18(10-12(11)13)14-6-1-2-8-17-15(14)19/h3-5,14H,1-2,6-10,16H2,(H,17,19). The van der Waals surface area contributed by atoms with Gasteiger partial charge in [0.15, 0.2) is 0 Å². The first-order chi connectivity index (χ1) is 9.25. The van der Waals surface area contributed by atoms with Crippen molar-refractivity contribution in [2.24, 2.45) is 0 Å². The number of nitrogens with zero attached hydrogens (tertiary/aromatic N) is 1. The van der Waals surface area contributed by atoms with Crippen molar-refractivity contribution >= 4 is 11.6 Å². The molecule has 1 aromatic rings. The van der Waals surface area contributed by atoms with Gasteiger partial charge in [0.2, 0.25) is 5.91 Å². The van der Waals surface area contributed by atoms with E-state index in [1.54, 1.807) is 0 Å². The third kappa shape index (κ3) is 2.45. The first kappa shape index (κ1) is 12.5. The molecule has 19 heavy (non-hydrogen) atoms. The van der Waals surface area contributed by atoms with Gasteiger partial charge in [-0.25, -0.2) is 0 Å². The second kappa shape index (κ2) is 5.21. The quantitative estimate of drug-likeness (QED) is 0.747. The van der Waals surface area contributed by atoms with Crippen molar-refractivity contribution in [3.8, 4) is 0 Å². The van der Waals surface area contributed by atoms with Gasteiger partial charge in [-0.05, 0) is 42.9 Å². The molecule has 2 aliphatic rings. The number of hydrogen-bond acceptors (Lipinski definition) is 3. The predicted molar refractivity (Wildman–Crippen MR) is 75.6 cm³/mol. The Hall–Kier alpha value is -1.55. The summed E-state index contributed by atoms with van der Waals surface area (Å²) in [7, 11) is 0. The predicted octanol–water partition coefficient (Wildman–Crippen LogP) is 1.30. The zero-order chi connectivity index (χ0) is 13.2. The van der Waals surface area contributed by atoms with Crippen LogP contribution in [0.4, 0.5) is 5.69 Å². The van der Waals surface area contributed by atoms with Gasteiger partial charge in [0.25, 0.3) is 0 Å². The lowest BCUT2D eigenvalue weighted by Crippen LogP contribution is -2.47. The molecule has 0 aromatic heterocycles. The summed E-state index contributed by atoms with van der Waals surface area (Å²) in [6, 6.07) is 6.14. The van der Waals surface area contributed by atoms with E-state index in [9.17, 15) is 4.79 Å². The minimum absolute atomic E-state index is 0.0234. The van der Waals surface area contributed by atoms with Crippen molar-refractivity contribution in [1.82, 2.24) is 10.2 Å². The highest BCUT2D eigenvalue weighted by Gasteiger charge is 2.30. The molecule has 2 aliphatic heterocycles. The molecule has 2 heterocycles. The molecule has 0 spiro atoms. The summed E-state index contributed by atoms with van der Waals surface area (Å²) < 4.78 is 0. The van der Waals surface area contributed by atoms with Gasteiger partial charge in [-0.15, -0.1) is 0 Å². The van der Waals surface area contributed by atoms with Crippen molar-refractivity contribution in [3.63, 3.8) is 0 Å². The van der Waals surface area contributed by atoms with Crippen LogP contribution < -0.4 is 11.1 Å². The van der Waals surface area contributed by atoms with Gasteiger partial charge < -0.3 is 11.1 Å². The highest BCUT2D eigenvalue weighted by Crippen LogP contribution is 2.27. The molecule has 3 rings (SSSR count). The van der Waals surface area contributed by atoms with Crippen LogP contribution in [0.3, 0.4) is 0 Å². The summed E-state index contributed by atoms with van der Waals surface area (Å²) in [5.74, 6) is 0.190. The number of anilines is 1. The lowest BCUT2D eigenvalue weighted by Gasteiger charge is -2.34. The molecule has 0 aliphatic carbocycles. The van der Waals surface area contributed by atoms with Crippen LogP contribution in [0.15, 0.2) is 18.2 Å². The largest absolute Gasteiger partial charge is 0.398 e. The van der Waals surface area contributed by atoms with E-state index in [0.29, 0.717) is 0 Å². The summed E-state index contributed by atoms with van der Waals surface area (Å²) >= 11 is 0. The molecule has 102 valence electrons. The normalized spacial score (nSPS) is 24.4. The summed E-state index contributed by atoms with van der Waals surface area (Å²) in [5.41, 5.74) is 9.48. The van der Waals surface area contributed by atoms with Crippen molar-refractivity contribution in [3.05, 3.63) is 29.3 Å². The Kier molecular flexibility index (Phi) is 3.42. The lowest BCUT2D eigenvalue weighted by molar-refractivity contribution is -0.126. The molecule has 3 N–H and O–H groups in total. The molecular formula is C15H21N3O. The van der Waals surface area contributed by atoms with Crippen LogP contribution in [0.2, 0.25) is 0 Å². The first-order valence-corrected chi connectivity index (χ1v) is 7.14. The summed E-state index contributed by atoms with van der Waals surface area (Å²) in [6.45, 7) is 2.58. The van der Waals surface area contributed by atoms with Gasteiger partial charge in [0.05, 0.1) is 6.04 Å². The number of fused-ring (bicyclic) bond motifs is 1. The minimum atomic E-state index is 0.0234. The molecule has 1 atom stereocenters. The van der Waals surface area contributed by atoms with Gasteiger partial charge in [-0.1, -0.05) is 12.1 Å². The third-order valence-corrected chi connectivity index (χ3v) is 4.29. The maximum atomic E-state index is 12.1. The Balaban J connectivity index is 1.81. The van der Waals surface area contributed by atoms with Gasteiger partial charge in [-0.2, -0.15) is 0 Å². The molecule has 4 nitrogen and oxygen atoms in total. The van der Waals surface area contributed by atoms with E-state index < -0.39 is 0 Å². The lowest BCUT2D eigenvalue weighted by atomic mass is 9.96. The smallest absolute Gasteiger partial charge is 0.237 e. The van der Waals surface area contributed by atoms with Gasteiger partial charge in [0.1, 0.15) is 0 Å². The molecule has 1 unspecified atom stereocenters.